The van der Waals surface area contributed by atoms with Gasteiger partial charge < -0.3 is 15.8 Å². The van der Waals surface area contributed by atoms with E-state index in [9.17, 15) is 0 Å². The lowest BCUT2D eigenvalue weighted by Gasteiger charge is -2.27. The first-order valence-corrected chi connectivity index (χ1v) is 12.3. The summed E-state index contributed by atoms with van der Waals surface area (Å²) in [5, 5.41) is 14.3. The summed E-state index contributed by atoms with van der Waals surface area (Å²) < 4.78 is 7.83. The molecule has 9 heteroatoms. The minimum absolute atomic E-state index is 0.378. The average Bonchev–Trinajstić information content (AvgIpc) is 3.50. The zero-order valence-corrected chi connectivity index (χ0v) is 19.9. The quantitative estimate of drug-likeness (QED) is 0.570. The summed E-state index contributed by atoms with van der Waals surface area (Å²) in [6, 6.07) is 10.2. The van der Waals surface area contributed by atoms with Gasteiger partial charge in [0.15, 0.2) is 11.5 Å². The van der Waals surface area contributed by atoms with Gasteiger partial charge in [-0.05, 0) is 86.8 Å². The number of fused-ring (bicyclic) bond motifs is 2. The van der Waals surface area contributed by atoms with Crippen molar-refractivity contribution < 1.29 is 4.74 Å². The number of hydrazone groups is 1. The molecule has 35 heavy (non-hydrogen) atoms. The molecule has 0 bridgehead atoms. The zero-order chi connectivity index (χ0) is 23.8. The van der Waals surface area contributed by atoms with Gasteiger partial charge in [-0.25, -0.2) is 14.5 Å². The van der Waals surface area contributed by atoms with E-state index in [1.165, 1.54) is 24.7 Å². The van der Waals surface area contributed by atoms with Crippen molar-refractivity contribution in [3.8, 4) is 11.5 Å². The van der Waals surface area contributed by atoms with Gasteiger partial charge in [0.25, 0.3) is 0 Å². The van der Waals surface area contributed by atoms with Crippen LogP contribution in [0.15, 0.2) is 64.2 Å². The van der Waals surface area contributed by atoms with Crippen molar-refractivity contribution in [2.75, 3.05) is 11.9 Å². The molecule has 1 aromatic carbocycles. The van der Waals surface area contributed by atoms with Gasteiger partial charge in [0.05, 0.1) is 0 Å². The summed E-state index contributed by atoms with van der Waals surface area (Å²) >= 11 is 0. The van der Waals surface area contributed by atoms with E-state index in [1.807, 2.05) is 37.4 Å². The SMILES string of the molecule is Cc1cc(NC2=NC=NN3CCC(CC4CCC(N)CC4)=C23)ccc1Oc1ccn2ncnc2c1. The van der Waals surface area contributed by atoms with Crippen LogP contribution in [0.2, 0.25) is 0 Å². The van der Waals surface area contributed by atoms with Gasteiger partial charge >= 0.3 is 0 Å². The largest absolute Gasteiger partial charge is 0.457 e. The highest BCUT2D eigenvalue weighted by Crippen LogP contribution is 2.36. The van der Waals surface area contributed by atoms with Crippen LogP contribution in [0.5, 0.6) is 11.5 Å². The van der Waals surface area contributed by atoms with E-state index in [0.717, 1.165) is 72.2 Å². The van der Waals surface area contributed by atoms with E-state index < -0.39 is 0 Å². The number of pyridine rings is 1. The number of rotatable bonds is 5. The standard InChI is InChI=1S/C26H30N8O/c1-17-12-21(6-7-23(17)35-22-9-11-33-24(14-22)28-15-30-33)32-26-25-19(8-10-34(25)31-16-29-26)13-18-2-4-20(27)5-3-18/h6-7,9,11-12,14-16,18,20H,2-5,8,10,13,27H2,1H3,(H,29,31,32). The summed E-state index contributed by atoms with van der Waals surface area (Å²) in [6.07, 6.45) is 11.8. The Hall–Kier alpha value is -3.72. The van der Waals surface area contributed by atoms with Crippen molar-refractivity contribution >= 4 is 23.5 Å². The van der Waals surface area contributed by atoms with E-state index in [0.29, 0.717) is 12.0 Å². The highest BCUT2D eigenvalue weighted by atomic mass is 16.5. The lowest BCUT2D eigenvalue weighted by molar-refractivity contribution is 0.323. The second-order valence-corrected chi connectivity index (χ2v) is 9.65. The summed E-state index contributed by atoms with van der Waals surface area (Å²) in [7, 11) is 0. The molecule has 0 saturated heterocycles. The monoisotopic (exact) mass is 470 g/mol. The van der Waals surface area contributed by atoms with Gasteiger partial charge in [-0.1, -0.05) is 0 Å². The van der Waals surface area contributed by atoms with Gasteiger partial charge in [0, 0.05) is 30.5 Å². The number of ether oxygens (including phenoxy) is 1. The highest BCUT2D eigenvalue weighted by molar-refractivity contribution is 6.11. The first-order valence-electron chi connectivity index (χ1n) is 12.3. The van der Waals surface area contributed by atoms with Crippen LogP contribution in [0.25, 0.3) is 5.65 Å². The molecule has 1 aliphatic carbocycles. The molecule has 0 spiro atoms. The van der Waals surface area contributed by atoms with Crippen molar-refractivity contribution in [3.63, 3.8) is 0 Å². The van der Waals surface area contributed by atoms with Gasteiger partial charge in [-0.2, -0.15) is 10.2 Å². The van der Waals surface area contributed by atoms with Crippen LogP contribution in [-0.2, 0) is 0 Å². The Morgan fingerprint density at radius 2 is 2.03 bits per heavy atom. The van der Waals surface area contributed by atoms with E-state index in [1.54, 1.807) is 10.9 Å². The maximum Gasteiger partial charge on any atom is 0.158 e. The summed E-state index contributed by atoms with van der Waals surface area (Å²) in [6.45, 7) is 2.96. The molecule has 2 aliphatic heterocycles. The molecule has 0 unspecified atom stereocenters. The molecule has 0 amide bonds. The molecule has 2 aromatic heterocycles. The number of nitrogens with one attached hydrogen (secondary N) is 1. The summed E-state index contributed by atoms with van der Waals surface area (Å²) in [5.41, 5.74) is 11.5. The Labute approximate surface area is 204 Å². The van der Waals surface area contributed by atoms with Gasteiger partial charge in [-0.3, -0.25) is 5.01 Å². The van der Waals surface area contributed by atoms with Gasteiger partial charge in [0.1, 0.15) is 29.9 Å². The molecule has 6 rings (SSSR count). The molecule has 4 heterocycles. The predicted octanol–water partition coefficient (Wildman–Crippen LogP) is 4.46. The topological polar surface area (TPSA) is 105 Å². The van der Waals surface area contributed by atoms with Crippen LogP contribution in [-0.4, -0.2) is 44.4 Å². The Morgan fingerprint density at radius 1 is 1.14 bits per heavy atom. The molecule has 0 radical (unpaired) electrons. The Bertz CT molecular complexity index is 1330. The van der Waals surface area contributed by atoms with Crippen LogP contribution < -0.4 is 15.8 Å². The van der Waals surface area contributed by atoms with Crippen molar-refractivity contribution in [2.45, 2.75) is 51.5 Å². The molecule has 3 aliphatic rings. The third kappa shape index (κ3) is 4.51. The smallest absolute Gasteiger partial charge is 0.158 e. The van der Waals surface area contributed by atoms with Crippen LogP contribution in [0, 0.1) is 12.8 Å². The van der Waals surface area contributed by atoms with Crippen molar-refractivity contribution in [2.24, 2.45) is 21.7 Å². The van der Waals surface area contributed by atoms with Gasteiger partial charge in [0.2, 0.25) is 0 Å². The molecule has 180 valence electrons. The molecule has 3 N–H and O–H groups in total. The number of anilines is 1. The van der Waals surface area contributed by atoms with E-state index in [4.69, 9.17) is 10.5 Å². The molecule has 1 saturated carbocycles. The summed E-state index contributed by atoms with van der Waals surface area (Å²) in [4.78, 5) is 8.83. The third-order valence-corrected chi connectivity index (χ3v) is 7.16. The zero-order valence-electron chi connectivity index (χ0n) is 19.9. The van der Waals surface area contributed by atoms with Crippen LogP contribution in [0.3, 0.4) is 0 Å². The fourth-order valence-electron chi connectivity index (χ4n) is 5.26. The maximum absolute atomic E-state index is 6.12. The third-order valence-electron chi connectivity index (χ3n) is 7.16. The van der Waals surface area contributed by atoms with Crippen LogP contribution >= 0.6 is 0 Å². The minimum Gasteiger partial charge on any atom is -0.457 e. The summed E-state index contributed by atoms with van der Waals surface area (Å²) in [5.74, 6) is 3.09. The van der Waals surface area contributed by atoms with Crippen molar-refractivity contribution in [3.05, 3.63) is 59.7 Å². The molecular weight excluding hydrogens is 440 g/mol. The van der Waals surface area contributed by atoms with E-state index in [-0.39, 0.29) is 0 Å². The normalized spacial score (nSPS) is 21.9. The van der Waals surface area contributed by atoms with Crippen LogP contribution in [0.1, 0.15) is 44.1 Å². The van der Waals surface area contributed by atoms with Crippen LogP contribution in [0.4, 0.5) is 5.69 Å². The van der Waals surface area contributed by atoms with E-state index >= 15 is 0 Å². The Kier molecular flexibility index (Phi) is 5.69. The number of aromatic nitrogens is 3. The fourth-order valence-corrected chi connectivity index (χ4v) is 5.26. The van der Waals surface area contributed by atoms with Gasteiger partial charge in [-0.15, -0.1) is 0 Å². The van der Waals surface area contributed by atoms with Crippen molar-refractivity contribution in [1.82, 2.24) is 19.6 Å². The lowest BCUT2D eigenvalue weighted by Crippen LogP contribution is -2.29. The van der Waals surface area contributed by atoms with Crippen molar-refractivity contribution in [1.29, 1.82) is 0 Å². The minimum atomic E-state index is 0.378. The molecule has 0 atom stereocenters. The molecular formula is C26H30N8O. The number of nitrogens with two attached hydrogens (primary N) is 1. The first kappa shape index (κ1) is 21.8. The highest BCUT2D eigenvalue weighted by Gasteiger charge is 2.30. The first-order chi connectivity index (χ1) is 17.1. The predicted molar refractivity (Wildman–Crippen MR) is 137 cm³/mol. The van der Waals surface area contributed by atoms with E-state index in [2.05, 4.69) is 36.6 Å². The molecule has 9 nitrogen and oxygen atoms in total. The second-order valence-electron chi connectivity index (χ2n) is 9.65. The number of aliphatic imine (C=N–C) groups is 1. The number of benzene rings is 1. The number of amidine groups is 1. The number of aryl methyl sites for hydroxylation is 1. The second kappa shape index (κ2) is 9.14. The number of hydrogen-bond acceptors (Lipinski definition) is 8. The Morgan fingerprint density at radius 3 is 2.89 bits per heavy atom. The molecule has 1 fully saturated rings. The lowest BCUT2D eigenvalue weighted by atomic mass is 9.82. The number of nitrogens with zero attached hydrogens (tertiary/aromatic N) is 6. The fraction of sp³-hybridized carbons (Fsp3) is 0.385. The number of hydrogen-bond donors (Lipinski definition) is 2. The average molecular weight is 471 g/mol. The molecule has 3 aromatic rings. The Balaban J connectivity index is 1.18. The maximum atomic E-state index is 6.12.